The highest BCUT2D eigenvalue weighted by Gasteiger charge is 2.20. The minimum atomic E-state index is -0.337. The van der Waals surface area contributed by atoms with Crippen LogP contribution in [0.3, 0.4) is 0 Å². The molecule has 1 fully saturated rings. The summed E-state index contributed by atoms with van der Waals surface area (Å²) in [5.41, 5.74) is 2.62. The summed E-state index contributed by atoms with van der Waals surface area (Å²) in [6.07, 6.45) is 4.85. The Kier molecular flexibility index (Phi) is 3.31. The molecule has 4 heteroatoms. The minimum Gasteiger partial charge on any atom is -0.387 e. The summed E-state index contributed by atoms with van der Waals surface area (Å²) in [6.45, 7) is 0. The topological polar surface area (TPSA) is 24.9 Å². The van der Waals surface area contributed by atoms with E-state index >= 15 is 0 Å². The SMILES string of the molecule is CNc1cc(C2CCCC2)nc2cc(F)cc(Cl)c12. The molecule has 0 amide bonds. The maximum atomic E-state index is 13.5. The minimum absolute atomic E-state index is 0.337. The van der Waals surface area contributed by atoms with Crippen molar-refractivity contribution in [3.8, 4) is 0 Å². The van der Waals surface area contributed by atoms with E-state index in [1.807, 2.05) is 7.05 Å². The number of rotatable bonds is 2. The van der Waals surface area contributed by atoms with Crippen LogP contribution in [-0.2, 0) is 0 Å². The Morgan fingerprint density at radius 3 is 2.68 bits per heavy atom. The molecule has 3 rings (SSSR count). The van der Waals surface area contributed by atoms with Crippen molar-refractivity contribution in [2.75, 3.05) is 12.4 Å². The van der Waals surface area contributed by atoms with Crippen LogP contribution in [0.5, 0.6) is 0 Å². The summed E-state index contributed by atoms with van der Waals surface area (Å²) < 4.78 is 13.5. The highest BCUT2D eigenvalue weighted by Crippen LogP contribution is 2.37. The predicted molar refractivity (Wildman–Crippen MR) is 77.5 cm³/mol. The third-order valence-corrected chi connectivity index (χ3v) is 4.19. The standard InChI is InChI=1S/C15H16ClFN2/c1-18-13-8-12(9-4-2-3-5-9)19-14-7-10(17)6-11(16)15(13)14/h6-9H,2-5H2,1H3,(H,18,19). The van der Waals surface area contributed by atoms with Gasteiger partial charge in [-0.15, -0.1) is 0 Å². The first-order valence-electron chi connectivity index (χ1n) is 6.66. The molecule has 2 nitrogen and oxygen atoms in total. The molecule has 1 aromatic carbocycles. The molecule has 1 N–H and O–H groups in total. The molecular weight excluding hydrogens is 263 g/mol. The molecule has 1 aliphatic carbocycles. The molecule has 0 saturated heterocycles. The van der Waals surface area contributed by atoms with Gasteiger partial charge < -0.3 is 5.32 Å². The molecule has 1 heterocycles. The Balaban J connectivity index is 2.21. The first kappa shape index (κ1) is 12.7. The summed E-state index contributed by atoms with van der Waals surface area (Å²) in [7, 11) is 1.85. The third kappa shape index (κ3) is 2.27. The predicted octanol–water partition coefficient (Wildman–Crippen LogP) is 4.73. The fraction of sp³-hybridized carbons (Fsp3) is 0.400. The molecule has 0 bridgehead atoms. The van der Waals surface area contributed by atoms with Crippen LogP contribution in [0.1, 0.15) is 37.3 Å². The Hall–Kier alpha value is -1.35. The van der Waals surface area contributed by atoms with Gasteiger partial charge in [-0.1, -0.05) is 24.4 Å². The van der Waals surface area contributed by atoms with Crippen LogP contribution in [0.25, 0.3) is 10.9 Å². The van der Waals surface area contributed by atoms with E-state index in [2.05, 4.69) is 16.4 Å². The van der Waals surface area contributed by atoms with E-state index in [0.29, 0.717) is 16.5 Å². The highest BCUT2D eigenvalue weighted by atomic mass is 35.5. The molecule has 2 aromatic rings. The summed E-state index contributed by atoms with van der Waals surface area (Å²) in [5, 5.41) is 4.35. The fourth-order valence-corrected chi connectivity index (χ4v) is 3.24. The molecule has 1 saturated carbocycles. The average molecular weight is 279 g/mol. The van der Waals surface area contributed by atoms with Crippen molar-refractivity contribution < 1.29 is 4.39 Å². The maximum Gasteiger partial charge on any atom is 0.126 e. The molecule has 0 unspecified atom stereocenters. The van der Waals surface area contributed by atoms with Gasteiger partial charge in [0.1, 0.15) is 5.82 Å². The van der Waals surface area contributed by atoms with Gasteiger partial charge >= 0.3 is 0 Å². The van der Waals surface area contributed by atoms with E-state index < -0.39 is 0 Å². The number of halogens is 2. The maximum absolute atomic E-state index is 13.5. The van der Waals surface area contributed by atoms with E-state index in [9.17, 15) is 4.39 Å². The Morgan fingerprint density at radius 1 is 1.26 bits per heavy atom. The molecule has 100 valence electrons. The number of hydrogen-bond acceptors (Lipinski definition) is 2. The molecule has 1 aromatic heterocycles. The quantitative estimate of drug-likeness (QED) is 0.859. The normalized spacial score (nSPS) is 16.2. The molecular formula is C15H16ClFN2. The second kappa shape index (κ2) is 4.97. The van der Waals surface area contributed by atoms with E-state index in [-0.39, 0.29) is 5.82 Å². The first-order chi connectivity index (χ1) is 9.19. The monoisotopic (exact) mass is 278 g/mol. The zero-order valence-electron chi connectivity index (χ0n) is 10.8. The summed E-state index contributed by atoms with van der Waals surface area (Å²) >= 11 is 6.14. The molecule has 0 spiro atoms. The van der Waals surface area contributed by atoms with Crippen LogP contribution >= 0.6 is 11.6 Å². The average Bonchev–Trinajstić information content (AvgIpc) is 2.90. The molecule has 0 aliphatic heterocycles. The van der Waals surface area contributed by atoms with Crippen molar-refractivity contribution in [1.29, 1.82) is 0 Å². The van der Waals surface area contributed by atoms with Crippen LogP contribution in [0.4, 0.5) is 10.1 Å². The van der Waals surface area contributed by atoms with Crippen LogP contribution in [0.15, 0.2) is 18.2 Å². The van der Waals surface area contributed by atoms with Crippen molar-refractivity contribution in [2.45, 2.75) is 31.6 Å². The van der Waals surface area contributed by atoms with Gasteiger partial charge in [0.25, 0.3) is 0 Å². The summed E-state index contributed by atoms with van der Waals surface area (Å²) in [4.78, 5) is 4.62. The lowest BCUT2D eigenvalue weighted by molar-refractivity contribution is 0.629. The van der Waals surface area contributed by atoms with Gasteiger partial charge in [-0.05, 0) is 25.0 Å². The summed E-state index contributed by atoms with van der Waals surface area (Å²) in [6, 6.07) is 4.85. The van der Waals surface area contributed by atoms with Crippen molar-refractivity contribution >= 4 is 28.2 Å². The van der Waals surface area contributed by atoms with Gasteiger partial charge in [-0.3, -0.25) is 4.98 Å². The number of pyridine rings is 1. The van der Waals surface area contributed by atoms with Crippen LogP contribution in [0, 0.1) is 5.82 Å². The number of nitrogens with zero attached hydrogens (tertiary/aromatic N) is 1. The molecule has 0 radical (unpaired) electrons. The lowest BCUT2D eigenvalue weighted by Gasteiger charge is -2.14. The Labute approximate surface area is 117 Å². The number of fused-ring (bicyclic) bond motifs is 1. The van der Waals surface area contributed by atoms with Gasteiger partial charge in [0, 0.05) is 35.8 Å². The first-order valence-corrected chi connectivity index (χ1v) is 7.04. The van der Waals surface area contributed by atoms with E-state index in [1.165, 1.54) is 37.8 Å². The highest BCUT2D eigenvalue weighted by molar-refractivity contribution is 6.36. The van der Waals surface area contributed by atoms with Gasteiger partial charge in [-0.25, -0.2) is 4.39 Å². The second-order valence-corrected chi connectivity index (χ2v) is 5.51. The van der Waals surface area contributed by atoms with Gasteiger partial charge in [0.05, 0.1) is 10.5 Å². The molecule has 1 aliphatic rings. The van der Waals surface area contributed by atoms with Crippen molar-refractivity contribution in [1.82, 2.24) is 4.98 Å². The number of hydrogen-bond donors (Lipinski definition) is 1. The lowest BCUT2D eigenvalue weighted by Crippen LogP contribution is -2.01. The number of nitrogens with one attached hydrogen (secondary N) is 1. The van der Waals surface area contributed by atoms with Crippen LogP contribution in [-0.4, -0.2) is 12.0 Å². The largest absolute Gasteiger partial charge is 0.387 e. The zero-order chi connectivity index (χ0) is 13.4. The van der Waals surface area contributed by atoms with Crippen molar-refractivity contribution in [3.05, 3.63) is 34.7 Å². The van der Waals surface area contributed by atoms with Crippen molar-refractivity contribution in [3.63, 3.8) is 0 Å². The van der Waals surface area contributed by atoms with Gasteiger partial charge in [0.15, 0.2) is 0 Å². The second-order valence-electron chi connectivity index (χ2n) is 5.11. The lowest BCUT2D eigenvalue weighted by atomic mass is 10.0. The summed E-state index contributed by atoms with van der Waals surface area (Å²) in [5.74, 6) is 0.161. The van der Waals surface area contributed by atoms with E-state index in [0.717, 1.165) is 16.8 Å². The fourth-order valence-electron chi connectivity index (χ4n) is 2.93. The number of aromatic nitrogens is 1. The third-order valence-electron chi connectivity index (χ3n) is 3.89. The van der Waals surface area contributed by atoms with Gasteiger partial charge in [0.2, 0.25) is 0 Å². The molecule has 0 atom stereocenters. The zero-order valence-corrected chi connectivity index (χ0v) is 11.6. The number of benzene rings is 1. The van der Waals surface area contributed by atoms with E-state index in [1.54, 1.807) is 0 Å². The van der Waals surface area contributed by atoms with E-state index in [4.69, 9.17) is 11.6 Å². The Bertz CT molecular complexity index is 621. The number of anilines is 1. The Morgan fingerprint density at radius 2 is 2.00 bits per heavy atom. The van der Waals surface area contributed by atoms with Crippen LogP contribution in [0.2, 0.25) is 5.02 Å². The van der Waals surface area contributed by atoms with Crippen LogP contribution < -0.4 is 5.32 Å². The smallest absolute Gasteiger partial charge is 0.126 e. The van der Waals surface area contributed by atoms with Crippen molar-refractivity contribution in [2.24, 2.45) is 0 Å². The molecule has 19 heavy (non-hydrogen) atoms. The van der Waals surface area contributed by atoms with Gasteiger partial charge in [-0.2, -0.15) is 0 Å².